The zero-order chi connectivity index (χ0) is 24.6. The third-order valence-corrected chi connectivity index (χ3v) is 8.03. The Balaban J connectivity index is 1.40. The highest BCUT2D eigenvalue weighted by atomic mass is 35.5. The molecule has 1 amide bonds. The second kappa shape index (κ2) is 9.26. The number of halogens is 1. The number of hydrogen-bond donors (Lipinski definition) is 2. The molecule has 0 unspecified atom stereocenters. The average Bonchev–Trinajstić information content (AvgIpc) is 3.66. The average molecular weight is 509 g/mol. The van der Waals surface area contributed by atoms with Crippen molar-refractivity contribution >= 4 is 44.9 Å². The van der Waals surface area contributed by atoms with Crippen molar-refractivity contribution in [1.82, 2.24) is 14.3 Å². The molecular formula is C24H21ClN6O3S. The monoisotopic (exact) mass is 508 g/mol. The van der Waals surface area contributed by atoms with Crippen LogP contribution in [0.3, 0.4) is 0 Å². The normalized spacial score (nSPS) is 14.9. The van der Waals surface area contributed by atoms with Crippen LogP contribution in [0.1, 0.15) is 18.4 Å². The number of fused-ring (bicyclic) bond motifs is 3. The van der Waals surface area contributed by atoms with E-state index in [1.165, 1.54) is 16.4 Å². The van der Waals surface area contributed by atoms with Crippen LogP contribution in [0, 0.1) is 6.57 Å². The predicted octanol–water partition coefficient (Wildman–Crippen LogP) is 4.11. The third-order valence-electron chi connectivity index (χ3n) is 5.83. The number of carbonyl (C=O) groups is 1. The molecular weight excluding hydrogens is 488 g/mol. The van der Waals surface area contributed by atoms with Crippen LogP contribution in [0.15, 0.2) is 53.6 Å². The molecule has 2 heterocycles. The minimum atomic E-state index is -3.68. The largest absolute Gasteiger partial charge is 0.325 e. The summed E-state index contributed by atoms with van der Waals surface area (Å²) >= 11 is 6.10. The van der Waals surface area contributed by atoms with Crippen LogP contribution >= 0.6 is 11.6 Å². The molecule has 5 rings (SSSR count). The molecule has 2 N–H and O–H groups in total. The van der Waals surface area contributed by atoms with Crippen molar-refractivity contribution in [2.45, 2.75) is 30.2 Å². The zero-order valence-electron chi connectivity index (χ0n) is 18.5. The predicted molar refractivity (Wildman–Crippen MR) is 133 cm³/mol. The van der Waals surface area contributed by atoms with Gasteiger partial charge in [0, 0.05) is 34.1 Å². The van der Waals surface area contributed by atoms with Gasteiger partial charge < -0.3 is 15.5 Å². The molecule has 178 valence electrons. The Labute approximate surface area is 208 Å². The number of hydrogen-bond acceptors (Lipinski definition) is 6. The minimum absolute atomic E-state index is 0.0216. The lowest BCUT2D eigenvalue weighted by molar-refractivity contribution is -0.115. The Bertz CT molecular complexity index is 1450. The smallest absolute Gasteiger partial charge is 0.243 e. The molecule has 3 aromatic rings. The van der Waals surface area contributed by atoms with Gasteiger partial charge in [-0.15, -0.1) is 0 Å². The highest BCUT2D eigenvalue weighted by molar-refractivity contribution is 7.89. The van der Waals surface area contributed by atoms with Crippen molar-refractivity contribution in [2.24, 2.45) is 0 Å². The van der Waals surface area contributed by atoms with E-state index in [-0.39, 0.29) is 36.4 Å². The molecule has 0 bridgehead atoms. The highest BCUT2D eigenvalue weighted by Gasteiger charge is 2.38. The summed E-state index contributed by atoms with van der Waals surface area (Å²) in [5.41, 5.74) is 3.24. The lowest BCUT2D eigenvalue weighted by atomic mass is 10.1. The van der Waals surface area contributed by atoms with E-state index in [4.69, 9.17) is 18.2 Å². The van der Waals surface area contributed by atoms with E-state index in [1.54, 1.807) is 36.5 Å². The maximum Gasteiger partial charge on any atom is 0.243 e. The standard InChI is InChI=1S/C24H21ClN6O3S/c1-26-10-11-31(18-5-6-18)35(33,34)19-7-3-17(4-8-19)28-24-27-14-15-12-22(32)29-21-13-16(25)2-9-20(21)23(15)30-24/h2-4,7-9,13-14,18H,5-6,10-12H2,(H,29,32)(H,27,28,30). The van der Waals surface area contributed by atoms with Crippen LogP contribution < -0.4 is 10.6 Å². The van der Waals surface area contributed by atoms with Gasteiger partial charge in [0.05, 0.1) is 29.2 Å². The molecule has 2 aliphatic rings. The number of anilines is 3. The van der Waals surface area contributed by atoms with Gasteiger partial charge in [0.2, 0.25) is 28.4 Å². The van der Waals surface area contributed by atoms with Gasteiger partial charge in [-0.05, 0) is 55.3 Å². The number of benzene rings is 2. The third kappa shape index (κ3) is 4.84. The molecule has 1 aliphatic carbocycles. The number of aromatic nitrogens is 2. The van der Waals surface area contributed by atoms with Gasteiger partial charge in [0.1, 0.15) is 0 Å². The second-order valence-corrected chi connectivity index (χ2v) is 10.7. The summed E-state index contributed by atoms with van der Waals surface area (Å²) in [7, 11) is -3.68. The van der Waals surface area contributed by atoms with Gasteiger partial charge in [0.15, 0.2) is 0 Å². The summed E-state index contributed by atoms with van der Waals surface area (Å²) < 4.78 is 27.6. The van der Waals surface area contributed by atoms with Crippen molar-refractivity contribution in [3.8, 4) is 11.3 Å². The first-order valence-corrected chi connectivity index (χ1v) is 12.8. The number of rotatable bonds is 7. The topological polar surface area (TPSA) is 109 Å². The molecule has 35 heavy (non-hydrogen) atoms. The molecule has 0 radical (unpaired) electrons. The summed E-state index contributed by atoms with van der Waals surface area (Å²) in [6, 6.07) is 11.6. The first-order chi connectivity index (χ1) is 16.8. The summed E-state index contributed by atoms with van der Waals surface area (Å²) in [5, 5.41) is 6.45. The highest BCUT2D eigenvalue weighted by Crippen LogP contribution is 2.35. The molecule has 9 nitrogen and oxygen atoms in total. The molecule has 0 spiro atoms. The molecule has 1 aliphatic heterocycles. The van der Waals surface area contributed by atoms with Crippen LogP contribution in [0.4, 0.5) is 17.3 Å². The van der Waals surface area contributed by atoms with E-state index < -0.39 is 10.0 Å². The van der Waals surface area contributed by atoms with Gasteiger partial charge in [-0.25, -0.2) is 25.0 Å². The Morgan fingerprint density at radius 2 is 1.97 bits per heavy atom. The minimum Gasteiger partial charge on any atom is -0.325 e. The van der Waals surface area contributed by atoms with E-state index in [0.717, 1.165) is 18.4 Å². The number of amides is 1. The van der Waals surface area contributed by atoms with Crippen LogP contribution in [0.25, 0.3) is 16.1 Å². The molecule has 1 aromatic heterocycles. The molecule has 1 fully saturated rings. The Morgan fingerprint density at radius 1 is 1.20 bits per heavy atom. The Kier molecular flexibility index (Phi) is 6.15. The zero-order valence-corrected chi connectivity index (χ0v) is 20.1. The molecule has 11 heteroatoms. The number of nitrogens with zero attached hydrogens (tertiary/aromatic N) is 4. The van der Waals surface area contributed by atoms with E-state index in [2.05, 4.69) is 25.4 Å². The first kappa shape index (κ1) is 23.2. The number of sulfonamides is 1. The Hall–Kier alpha value is -3.52. The fraction of sp³-hybridized carbons (Fsp3) is 0.250. The number of nitrogens with one attached hydrogen (secondary N) is 2. The van der Waals surface area contributed by atoms with Crippen LogP contribution in [0.5, 0.6) is 0 Å². The maximum absolute atomic E-state index is 13.1. The fourth-order valence-electron chi connectivity index (χ4n) is 4.01. The molecule has 2 aromatic carbocycles. The van der Waals surface area contributed by atoms with Crippen molar-refractivity contribution in [2.75, 3.05) is 23.7 Å². The summed E-state index contributed by atoms with van der Waals surface area (Å²) in [5.74, 6) is 0.135. The summed E-state index contributed by atoms with van der Waals surface area (Å²) in [4.78, 5) is 24.7. The van der Waals surface area contributed by atoms with Gasteiger partial charge >= 0.3 is 0 Å². The van der Waals surface area contributed by atoms with Gasteiger partial charge in [-0.2, -0.15) is 4.31 Å². The van der Waals surface area contributed by atoms with Gasteiger partial charge in [0.25, 0.3) is 0 Å². The SMILES string of the molecule is [C-]#[N+]CCN(C1CC1)S(=O)(=O)c1ccc(Nc2ncc3c(n2)-c2ccc(Cl)cc2NC(=O)C3)cc1. The first-order valence-electron chi connectivity index (χ1n) is 11.0. The van der Waals surface area contributed by atoms with Gasteiger partial charge in [-0.3, -0.25) is 4.79 Å². The second-order valence-electron chi connectivity index (χ2n) is 8.36. The molecule has 0 saturated heterocycles. The molecule has 1 saturated carbocycles. The van der Waals surface area contributed by atoms with Crippen molar-refractivity contribution in [1.29, 1.82) is 0 Å². The Morgan fingerprint density at radius 3 is 2.69 bits per heavy atom. The van der Waals surface area contributed by atoms with E-state index in [0.29, 0.717) is 33.6 Å². The maximum atomic E-state index is 13.1. The van der Waals surface area contributed by atoms with E-state index in [1.807, 2.05) is 0 Å². The summed E-state index contributed by atoms with van der Waals surface area (Å²) in [6.45, 7) is 7.33. The van der Waals surface area contributed by atoms with Crippen LogP contribution in [-0.4, -0.2) is 47.7 Å². The lowest BCUT2D eigenvalue weighted by Gasteiger charge is -2.19. The van der Waals surface area contributed by atoms with Crippen LogP contribution in [-0.2, 0) is 21.2 Å². The van der Waals surface area contributed by atoms with Gasteiger partial charge in [-0.1, -0.05) is 11.6 Å². The lowest BCUT2D eigenvalue weighted by Crippen LogP contribution is -2.35. The van der Waals surface area contributed by atoms with Crippen LogP contribution in [0.2, 0.25) is 5.02 Å². The quantitative estimate of drug-likeness (QED) is 0.465. The van der Waals surface area contributed by atoms with Crippen molar-refractivity contribution < 1.29 is 13.2 Å². The molecule has 0 atom stereocenters. The van der Waals surface area contributed by atoms with Crippen molar-refractivity contribution in [3.63, 3.8) is 0 Å². The number of carbonyl (C=O) groups excluding carboxylic acids is 1. The van der Waals surface area contributed by atoms with E-state index >= 15 is 0 Å². The summed E-state index contributed by atoms with van der Waals surface area (Å²) in [6.07, 6.45) is 3.39. The van der Waals surface area contributed by atoms with E-state index in [9.17, 15) is 13.2 Å². The fourth-order valence-corrected chi connectivity index (χ4v) is 5.86. The van der Waals surface area contributed by atoms with Crippen molar-refractivity contribution in [3.05, 3.63) is 70.7 Å².